The predicted octanol–water partition coefficient (Wildman–Crippen LogP) is 2.98. The van der Waals surface area contributed by atoms with Crippen LogP contribution in [-0.2, 0) is 28.4 Å². The monoisotopic (exact) mass is 394 g/mol. The first-order chi connectivity index (χ1) is 12.1. The Morgan fingerprint density at radius 1 is 1.12 bits per heavy atom. The lowest BCUT2D eigenvalue weighted by atomic mass is 9.98. The number of hydrogen-bond acceptors (Lipinski definition) is 6. The average Bonchev–Trinajstić information content (AvgIpc) is 2.53. The molecule has 2 fully saturated rings. The van der Waals surface area contributed by atoms with Gasteiger partial charge in [-0.1, -0.05) is 19.6 Å². The summed E-state index contributed by atoms with van der Waals surface area (Å²) in [6, 6.07) is 0.948. The van der Waals surface area contributed by atoms with E-state index in [2.05, 4.69) is 19.6 Å². The molecule has 0 aliphatic carbocycles. The third-order valence-electron chi connectivity index (χ3n) is 4.46. The molecule has 0 N–H and O–H groups in total. The van der Waals surface area contributed by atoms with Crippen molar-refractivity contribution in [3.05, 3.63) is 0 Å². The van der Waals surface area contributed by atoms with Gasteiger partial charge in [0.1, 0.15) is 18.3 Å². The topological polar surface area (TPSA) is 55.4 Å². The number of hydrogen-bond donors (Lipinski definition) is 0. The quantitative estimate of drug-likeness (QED) is 0.443. The first-order valence-corrected chi connectivity index (χ1v) is 13.3. The fraction of sp³-hybridized carbons (Fsp3) is 1.00. The summed E-state index contributed by atoms with van der Waals surface area (Å²) in [6.45, 7) is 14.4. The Kier molecular flexibility index (Phi) is 8.03. The Bertz CT molecular complexity index is 430. The van der Waals surface area contributed by atoms with Crippen molar-refractivity contribution in [1.82, 2.24) is 0 Å². The van der Waals surface area contributed by atoms with Crippen LogP contribution in [0.1, 0.15) is 20.8 Å². The molecule has 0 saturated carbocycles. The van der Waals surface area contributed by atoms with E-state index in [1.54, 1.807) is 0 Å². The van der Waals surface area contributed by atoms with Crippen LogP contribution in [-0.4, -0.2) is 77.7 Å². The van der Waals surface area contributed by atoms with Gasteiger partial charge >= 0.3 is 0 Å². The zero-order valence-electron chi connectivity index (χ0n) is 17.0. The minimum Gasteiger partial charge on any atom is -0.379 e. The summed E-state index contributed by atoms with van der Waals surface area (Å²) in [6.07, 6.45) is -4.10. The van der Waals surface area contributed by atoms with Crippen molar-refractivity contribution in [1.29, 1.82) is 0 Å². The first kappa shape index (κ1) is 22.2. The number of fused-ring (bicyclic) bond motifs is 1. The fourth-order valence-electron chi connectivity index (χ4n) is 2.98. The van der Waals surface area contributed by atoms with E-state index >= 15 is 4.39 Å². The zero-order valence-corrected chi connectivity index (χ0v) is 18.0. The highest BCUT2D eigenvalue weighted by atomic mass is 28.3. The summed E-state index contributed by atoms with van der Waals surface area (Å²) in [5.41, 5.74) is 0. The molecular weight excluding hydrogens is 359 g/mol. The van der Waals surface area contributed by atoms with Crippen molar-refractivity contribution < 1.29 is 32.8 Å². The summed E-state index contributed by atoms with van der Waals surface area (Å²) in [7, 11) is -1.26. The molecule has 1 unspecified atom stereocenters. The lowest BCUT2D eigenvalue weighted by molar-refractivity contribution is -0.379. The molecule has 6 nitrogen and oxygen atoms in total. The van der Waals surface area contributed by atoms with Gasteiger partial charge in [0.25, 0.3) is 0 Å². The SMILES string of the molecule is CCOCCOC1[C@H]2OC(C)(C)OC[C@H]2O[C@@H](OCC[Si](C)(C)C)[C@H]1F. The smallest absolute Gasteiger partial charge is 0.191 e. The third-order valence-corrected chi connectivity index (χ3v) is 6.17. The number of rotatable bonds is 9. The minimum atomic E-state index is -1.42. The van der Waals surface area contributed by atoms with Gasteiger partial charge in [0, 0.05) is 21.3 Å². The zero-order chi connectivity index (χ0) is 19.4. The van der Waals surface area contributed by atoms with Crippen LogP contribution in [0.3, 0.4) is 0 Å². The van der Waals surface area contributed by atoms with Crippen molar-refractivity contribution in [3.8, 4) is 0 Å². The standard InChI is InChI=1S/C18H35FO6Si/c1-7-20-8-9-21-16-14(19)17(22-10-11-26(4,5)6)24-13-12-23-18(2,3)25-15(13)16/h13-17H,7-12H2,1-6H3/t13-,14+,15+,16?,17-/m1/s1. The molecular formula is C18H35FO6Si. The van der Waals surface area contributed by atoms with Gasteiger partial charge in [-0.05, 0) is 26.8 Å². The van der Waals surface area contributed by atoms with Crippen LogP contribution in [0.5, 0.6) is 0 Å². The molecule has 26 heavy (non-hydrogen) atoms. The molecule has 2 rings (SSSR count). The molecule has 0 aromatic carbocycles. The van der Waals surface area contributed by atoms with Crippen molar-refractivity contribution in [2.75, 3.05) is 33.0 Å². The molecule has 0 radical (unpaired) electrons. The molecule has 0 amide bonds. The van der Waals surface area contributed by atoms with Gasteiger partial charge in [0.15, 0.2) is 18.2 Å². The van der Waals surface area contributed by atoms with Crippen LogP contribution in [0.4, 0.5) is 4.39 Å². The third kappa shape index (κ3) is 6.51. The van der Waals surface area contributed by atoms with Crippen LogP contribution >= 0.6 is 0 Å². The van der Waals surface area contributed by atoms with Crippen LogP contribution < -0.4 is 0 Å². The highest BCUT2D eigenvalue weighted by Gasteiger charge is 2.52. The van der Waals surface area contributed by atoms with Gasteiger partial charge < -0.3 is 28.4 Å². The maximum absolute atomic E-state index is 15.1. The lowest BCUT2D eigenvalue weighted by Gasteiger charge is -2.49. The minimum absolute atomic E-state index is 0.300. The molecule has 0 bridgehead atoms. The molecule has 0 aromatic rings. The maximum atomic E-state index is 15.1. The molecule has 2 saturated heterocycles. The second-order valence-corrected chi connectivity index (χ2v) is 14.1. The summed E-state index contributed by atoms with van der Waals surface area (Å²) in [4.78, 5) is 0. The Hall–Kier alpha value is -0.0931. The van der Waals surface area contributed by atoms with Crippen molar-refractivity contribution in [2.45, 2.75) is 83.0 Å². The number of ether oxygens (including phenoxy) is 6. The molecule has 2 aliphatic heterocycles. The van der Waals surface area contributed by atoms with Gasteiger partial charge in [-0.2, -0.15) is 0 Å². The molecule has 2 aliphatic rings. The second kappa shape index (κ2) is 9.40. The first-order valence-electron chi connectivity index (χ1n) is 9.55. The van der Waals surface area contributed by atoms with E-state index in [1.165, 1.54) is 0 Å². The number of halogens is 1. The molecule has 0 spiro atoms. The van der Waals surface area contributed by atoms with Gasteiger partial charge in [-0.3, -0.25) is 0 Å². The Morgan fingerprint density at radius 2 is 1.85 bits per heavy atom. The highest BCUT2D eigenvalue weighted by Crippen LogP contribution is 2.35. The largest absolute Gasteiger partial charge is 0.379 e. The second-order valence-electron chi connectivity index (χ2n) is 8.49. The Balaban J connectivity index is 2.00. The number of alkyl halides is 1. The fourth-order valence-corrected chi connectivity index (χ4v) is 3.71. The van der Waals surface area contributed by atoms with Crippen molar-refractivity contribution >= 4 is 8.07 Å². The van der Waals surface area contributed by atoms with Gasteiger partial charge in [0.2, 0.25) is 0 Å². The molecule has 8 heteroatoms. The lowest BCUT2D eigenvalue weighted by Crippen LogP contribution is -2.64. The molecule has 0 aromatic heterocycles. The van der Waals surface area contributed by atoms with Gasteiger partial charge in [-0.25, -0.2) is 4.39 Å². The van der Waals surface area contributed by atoms with E-state index < -0.39 is 44.6 Å². The van der Waals surface area contributed by atoms with E-state index in [0.29, 0.717) is 33.0 Å². The summed E-state index contributed by atoms with van der Waals surface area (Å²) < 4.78 is 49.4. The predicted molar refractivity (Wildman–Crippen MR) is 98.8 cm³/mol. The highest BCUT2D eigenvalue weighted by molar-refractivity contribution is 6.76. The van der Waals surface area contributed by atoms with E-state index in [9.17, 15) is 0 Å². The van der Waals surface area contributed by atoms with E-state index in [-0.39, 0.29) is 0 Å². The summed E-state index contributed by atoms with van der Waals surface area (Å²) in [5.74, 6) is -0.794. The van der Waals surface area contributed by atoms with E-state index in [4.69, 9.17) is 28.4 Å². The van der Waals surface area contributed by atoms with Crippen LogP contribution in [0.15, 0.2) is 0 Å². The molecule has 2 heterocycles. The van der Waals surface area contributed by atoms with Gasteiger partial charge in [0.05, 0.1) is 19.8 Å². The normalized spacial score (nSPS) is 34.5. The summed E-state index contributed by atoms with van der Waals surface area (Å²) >= 11 is 0. The van der Waals surface area contributed by atoms with Crippen LogP contribution in [0, 0.1) is 0 Å². The average molecular weight is 395 g/mol. The maximum Gasteiger partial charge on any atom is 0.191 e. The van der Waals surface area contributed by atoms with Crippen molar-refractivity contribution in [3.63, 3.8) is 0 Å². The Morgan fingerprint density at radius 3 is 2.50 bits per heavy atom. The summed E-state index contributed by atoms with van der Waals surface area (Å²) in [5, 5.41) is 0. The van der Waals surface area contributed by atoms with Gasteiger partial charge in [-0.15, -0.1) is 0 Å². The van der Waals surface area contributed by atoms with Crippen molar-refractivity contribution in [2.24, 2.45) is 0 Å². The van der Waals surface area contributed by atoms with E-state index in [0.717, 1.165) is 6.04 Å². The van der Waals surface area contributed by atoms with Crippen LogP contribution in [0.25, 0.3) is 0 Å². The Labute approximate surface area is 157 Å². The molecule has 5 atom stereocenters. The molecule has 154 valence electrons. The van der Waals surface area contributed by atoms with Crippen LogP contribution in [0.2, 0.25) is 25.7 Å². The van der Waals surface area contributed by atoms with E-state index in [1.807, 2.05) is 20.8 Å².